The maximum absolute atomic E-state index is 12.0. The number of hydrogen-bond donors (Lipinski definition) is 1. The summed E-state index contributed by atoms with van der Waals surface area (Å²) < 4.78 is 12.4. The van der Waals surface area contributed by atoms with E-state index in [2.05, 4.69) is 15.3 Å². The summed E-state index contributed by atoms with van der Waals surface area (Å²) in [5, 5.41) is 8.37. The largest absolute Gasteiger partial charge is 0.497 e. The number of ether oxygens (including phenoxy) is 2. The fourth-order valence-corrected chi connectivity index (χ4v) is 3.02. The van der Waals surface area contributed by atoms with Crippen molar-refractivity contribution in [3.05, 3.63) is 24.4 Å². The molecule has 1 saturated heterocycles. The van der Waals surface area contributed by atoms with Crippen molar-refractivity contribution >= 4 is 16.8 Å². The Bertz CT molecular complexity index is 695. The first kappa shape index (κ1) is 17.7. The number of carbonyl (C=O) groups is 1. The van der Waals surface area contributed by atoms with Crippen LogP contribution in [0.1, 0.15) is 12.8 Å². The molecule has 1 fully saturated rings. The molecule has 0 unspecified atom stereocenters. The Kier molecular flexibility index (Phi) is 6.25. The summed E-state index contributed by atoms with van der Waals surface area (Å²) in [6.45, 7) is 5.91. The van der Waals surface area contributed by atoms with Crippen LogP contribution < -0.4 is 10.1 Å². The lowest BCUT2D eigenvalue weighted by Crippen LogP contribution is -2.38. The average Bonchev–Trinajstić information content (AvgIpc) is 3.06. The van der Waals surface area contributed by atoms with E-state index in [9.17, 15) is 4.79 Å². The topological polar surface area (TPSA) is 68.6 Å². The van der Waals surface area contributed by atoms with Crippen molar-refractivity contribution in [2.24, 2.45) is 0 Å². The molecule has 0 bridgehead atoms. The van der Waals surface area contributed by atoms with Gasteiger partial charge >= 0.3 is 0 Å². The molecule has 0 aliphatic carbocycles. The number of fused-ring (bicyclic) bond motifs is 1. The van der Waals surface area contributed by atoms with Crippen molar-refractivity contribution < 1.29 is 14.3 Å². The predicted octanol–water partition coefficient (Wildman–Crippen LogP) is 1.27. The van der Waals surface area contributed by atoms with Crippen LogP contribution in [0.5, 0.6) is 5.75 Å². The van der Waals surface area contributed by atoms with Crippen LogP contribution >= 0.6 is 0 Å². The zero-order chi connectivity index (χ0) is 17.5. The molecule has 7 heteroatoms. The third kappa shape index (κ3) is 4.93. The average molecular weight is 346 g/mol. The Morgan fingerprint density at radius 3 is 2.96 bits per heavy atom. The standard InChI is InChI=1S/C18H26N4O3/c1-24-16-3-4-17-15(13-16)14-20-22(17)8-5-18(23)19-6-2-7-21-9-11-25-12-10-21/h3-4,13-14H,2,5-12H2,1H3,(H,19,23). The molecular formula is C18H26N4O3. The molecule has 25 heavy (non-hydrogen) atoms. The van der Waals surface area contributed by atoms with Crippen LogP contribution in [-0.4, -0.2) is 67.1 Å². The van der Waals surface area contributed by atoms with Gasteiger partial charge in [-0.25, -0.2) is 0 Å². The Morgan fingerprint density at radius 1 is 1.32 bits per heavy atom. The van der Waals surface area contributed by atoms with Gasteiger partial charge in [-0.3, -0.25) is 14.4 Å². The zero-order valence-corrected chi connectivity index (χ0v) is 14.7. The van der Waals surface area contributed by atoms with Gasteiger partial charge in [0.1, 0.15) is 5.75 Å². The Labute approximate surface area is 147 Å². The van der Waals surface area contributed by atoms with Crippen LogP contribution in [0, 0.1) is 0 Å². The molecule has 0 spiro atoms. The smallest absolute Gasteiger partial charge is 0.221 e. The van der Waals surface area contributed by atoms with Crippen LogP contribution in [0.2, 0.25) is 0 Å². The van der Waals surface area contributed by atoms with Crippen molar-refractivity contribution in [3.8, 4) is 5.75 Å². The number of morpholine rings is 1. The fraction of sp³-hybridized carbons (Fsp3) is 0.556. The van der Waals surface area contributed by atoms with Crippen LogP contribution in [0.25, 0.3) is 10.9 Å². The summed E-state index contributed by atoms with van der Waals surface area (Å²) in [7, 11) is 1.65. The Hall–Kier alpha value is -2.12. The molecule has 1 aliphatic heterocycles. The first-order chi connectivity index (χ1) is 12.3. The highest BCUT2D eigenvalue weighted by Crippen LogP contribution is 2.20. The van der Waals surface area contributed by atoms with Gasteiger partial charge in [-0.2, -0.15) is 5.10 Å². The van der Waals surface area contributed by atoms with E-state index in [1.165, 1.54) is 0 Å². The van der Waals surface area contributed by atoms with E-state index < -0.39 is 0 Å². The Balaban J connectivity index is 1.38. The van der Waals surface area contributed by atoms with Crippen LogP contribution in [0.4, 0.5) is 0 Å². The molecule has 0 atom stereocenters. The molecule has 3 rings (SSSR count). The van der Waals surface area contributed by atoms with E-state index in [1.54, 1.807) is 13.3 Å². The second-order valence-electron chi connectivity index (χ2n) is 6.20. The summed E-state index contributed by atoms with van der Waals surface area (Å²) in [5.74, 6) is 0.879. The predicted molar refractivity (Wildman–Crippen MR) is 95.8 cm³/mol. The third-order valence-electron chi connectivity index (χ3n) is 4.48. The summed E-state index contributed by atoms with van der Waals surface area (Å²) >= 11 is 0. The number of aromatic nitrogens is 2. The van der Waals surface area contributed by atoms with Gasteiger partial charge in [0.15, 0.2) is 0 Å². The minimum Gasteiger partial charge on any atom is -0.497 e. The highest BCUT2D eigenvalue weighted by atomic mass is 16.5. The van der Waals surface area contributed by atoms with E-state index in [-0.39, 0.29) is 5.91 Å². The van der Waals surface area contributed by atoms with Gasteiger partial charge in [0.2, 0.25) is 5.91 Å². The number of amides is 1. The van der Waals surface area contributed by atoms with E-state index in [1.807, 2.05) is 22.9 Å². The highest BCUT2D eigenvalue weighted by molar-refractivity contribution is 5.80. The lowest BCUT2D eigenvalue weighted by Gasteiger charge is -2.26. The highest BCUT2D eigenvalue weighted by Gasteiger charge is 2.10. The lowest BCUT2D eigenvalue weighted by molar-refractivity contribution is -0.121. The van der Waals surface area contributed by atoms with Crippen molar-refractivity contribution in [2.75, 3.05) is 46.5 Å². The van der Waals surface area contributed by atoms with E-state index in [0.717, 1.165) is 55.9 Å². The molecule has 0 saturated carbocycles. The minimum absolute atomic E-state index is 0.0686. The lowest BCUT2D eigenvalue weighted by atomic mass is 10.2. The number of nitrogens with one attached hydrogen (secondary N) is 1. The van der Waals surface area contributed by atoms with E-state index in [4.69, 9.17) is 9.47 Å². The fourth-order valence-electron chi connectivity index (χ4n) is 3.02. The molecule has 0 radical (unpaired) electrons. The summed E-state index contributed by atoms with van der Waals surface area (Å²) in [4.78, 5) is 14.4. The first-order valence-electron chi connectivity index (χ1n) is 8.82. The van der Waals surface area contributed by atoms with Gasteiger partial charge in [0.25, 0.3) is 0 Å². The SMILES string of the molecule is COc1ccc2c(cnn2CCC(=O)NCCCN2CCOCC2)c1. The van der Waals surface area contributed by atoms with Crippen LogP contribution in [0.3, 0.4) is 0 Å². The normalized spacial score (nSPS) is 15.4. The molecular weight excluding hydrogens is 320 g/mol. The first-order valence-corrected chi connectivity index (χ1v) is 8.82. The molecule has 1 N–H and O–H groups in total. The van der Waals surface area contributed by atoms with Gasteiger partial charge < -0.3 is 14.8 Å². The maximum Gasteiger partial charge on any atom is 0.221 e. The third-order valence-corrected chi connectivity index (χ3v) is 4.48. The monoisotopic (exact) mass is 346 g/mol. The molecule has 7 nitrogen and oxygen atoms in total. The summed E-state index contributed by atoms with van der Waals surface area (Å²) in [6, 6.07) is 5.83. The molecule has 2 aromatic rings. The molecule has 2 heterocycles. The molecule has 1 aromatic heterocycles. The van der Waals surface area contributed by atoms with E-state index in [0.29, 0.717) is 19.5 Å². The number of nitrogens with zero attached hydrogens (tertiary/aromatic N) is 3. The quantitative estimate of drug-likeness (QED) is 0.729. The Morgan fingerprint density at radius 2 is 2.16 bits per heavy atom. The second-order valence-corrected chi connectivity index (χ2v) is 6.20. The number of rotatable bonds is 8. The maximum atomic E-state index is 12.0. The molecule has 1 aromatic carbocycles. The van der Waals surface area contributed by atoms with Gasteiger partial charge in [-0.1, -0.05) is 0 Å². The summed E-state index contributed by atoms with van der Waals surface area (Å²) in [6.07, 6.45) is 3.20. The second kappa shape index (κ2) is 8.82. The van der Waals surface area contributed by atoms with E-state index >= 15 is 0 Å². The van der Waals surface area contributed by atoms with Gasteiger partial charge in [0, 0.05) is 31.4 Å². The van der Waals surface area contributed by atoms with Crippen molar-refractivity contribution in [1.29, 1.82) is 0 Å². The number of carbonyl (C=O) groups excluding carboxylic acids is 1. The zero-order valence-electron chi connectivity index (χ0n) is 14.7. The molecule has 1 aliphatic rings. The van der Waals surface area contributed by atoms with Crippen LogP contribution in [-0.2, 0) is 16.1 Å². The van der Waals surface area contributed by atoms with Crippen LogP contribution in [0.15, 0.2) is 24.4 Å². The van der Waals surface area contributed by atoms with Gasteiger partial charge in [-0.15, -0.1) is 0 Å². The number of aryl methyl sites for hydroxylation is 1. The molecule has 136 valence electrons. The number of methoxy groups -OCH3 is 1. The molecule has 1 amide bonds. The van der Waals surface area contributed by atoms with Gasteiger partial charge in [0.05, 0.1) is 38.6 Å². The number of hydrogen-bond acceptors (Lipinski definition) is 5. The summed E-state index contributed by atoms with van der Waals surface area (Å²) in [5.41, 5.74) is 1.01. The minimum atomic E-state index is 0.0686. The van der Waals surface area contributed by atoms with Crippen molar-refractivity contribution in [2.45, 2.75) is 19.4 Å². The van der Waals surface area contributed by atoms with Gasteiger partial charge in [-0.05, 0) is 31.2 Å². The number of benzene rings is 1. The van der Waals surface area contributed by atoms with Crippen molar-refractivity contribution in [1.82, 2.24) is 20.0 Å². The van der Waals surface area contributed by atoms with Crippen molar-refractivity contribution in [3.63, 3.8) is 0 Å².